The zero-order chi connectivity index (χ0) is 11.8. The van der Waals surface area contributed by atoms with Crippen molar-refractivity contribution in [3.8, 4) is 5.75 Å². The number of hydrogen-bond acceptors (Lipinski definition) is 2. The van der Waals surface area contributed by atoms with E-state index in [-0.39, 0.29) is 5.82 Å². The molecule has 0 radical (unpaired) electrons. The van der Waals surface area contributed by atoms with E-state index in [1.807, 2.05) is 0 Å². The Balaban J connectivity index is 2.42. The summed E-state index contributed by atoms with van der Waals surface area (Å²) < 4.78 is 18.6. The van der Waals surface area contributed by atoms with Gasteiger partial charge in [-0.05, 0) is 43.4 Å². The average Bonchev–Trinajstić information content (AvgIpc) is 2.60. The van der Waals surface area contributed by atoms with Crippen molar-refractivity contribution < 1.29 is 9.13 Å². The fourth-order valence-electron chi connectivity index (χ4n) is 2.64. The summed E-state index contributed by atoms with van der Waals surface area (Å²) in [5.74, 6) is 1.04. The van der Waals surface area contributed by atoms with Gasteiger partial charge in [-0.15, -0.1) is 0 Å². The van der Waals surface area contributed by atoms with Crippen LogP contribution >= 0.6 is 0 Å². The molecule has 2 rings (SSSR count). The molecule has 2 N–H and O–H groups in total. The Labute approximate surface area is 95.6 Å². The van der Waals surface area contributed by atoms with E-state index in [2.05, 4.69) is 6.92 Å². The molecular formula is C13H18FNO. The third-order valence-corrected chi connectivity index (χ3v) is 3.49. The second-order valence-electron chi connectivity index (χ2n) is 4.85. The number of methoxy groups -OCH3 is 1. The summed E-state index contributed by atoms with van der Waals surface area (Å²) in [6.45, 7) is 2.18. The SMILES string of the molecule is COc1ccc(F)cc1C1(N)CCC(C)C1. The molecular weight excluding hydrogens is 205 g/mol. The maximum atomic E-state index is 13.3. The van der Waals surface area contributed by atoms with Crippen molar-refractivity contribution in [1.82, 2.24) is 0 Å². The minimum Gasteiger partial charge on any atom is -0.496 e. The second-order valence-corrected chi connectivity index (χ2v) is 4.85. The molecule has 1 aromatic rings. The molecule has 2 atom stereocenters. The molecule has 0 spiro atoms. The molecule has 1 fully saturated rings. The molecule has 16 heavy (non-hydrogen) atoms. The second kappa shape index (κ2) is 4.06. The lowest BCUT2D eigenvalue weighted by atomic mass is 9.87. The summed E-state index contributed by atoms with van der Waals surface area (Å²) in [5.41, 5.74) is 6.75. The van der Waals surface area contributed by atoms with E-state index < -0.39 is 5.54 Å². The number of benzene rings is 1. The van der Waals surface area contributed by atoms with Gasteiger partial charge in [-0.3, -0.25) is 0 Å². The van der Waals surface area contributed by atoms with Crippen LogP contribution in [0.15, 0.2) is 18.2 Å². The fraction of sp³-hybridized carbons (Fsp3) is 0.538. The van der Waals surface area contributed by atoms with Crippen molar-refractivity contribution in [1.29, 1.82) is 0 Å². The highest BCUT2D eigenvalue weighted by atomic mass is 19.1. The van der Waals surface area contributed by atoms with Crippen LogP contribution < -0.4 is 10.5 Å². The topological polar surface area (TPSA) is 35.2 Å². The van der Waals surface area contributed by atoms with Gasteiger partial charge in [0, 0.05) is 11.1 Å². The minimum atomic E-state index is -0.424. The van der Waals surface area contributed by atoms with Gasteiger partial charge < -0.3 is 10.5 Å². The van der Waals surface area contributed by atoms with Gasteiger partial charge in [0.05, 0.1) is 7.11 Å². The Kier molecular flexibility index (Phi) is 2.89. The zero-order valence-electron chi connectivity index (χ0n) is 9.79. The third kappa shape index (κ3) is 1.92. The first-order chi connectivity index (χ1) is 7.55. The highest BCUT2D eigenvalue weighted by Gasteiger charge is 2.37. The van der Waals surface area contributed by atoms with E-state index in [0.29, 0.717) is 11.7 Å². The van der Waals surface area contributed by atoms with Crippen molar-refractivity contribution >= 4 is 0 Å². The van der Waals surface area contributed by atoms with E-state index in [9.17, 15) is 4.39 Å². The maximum Gasteiger partial charge on any atom is 0.124 e. The predicted octanol–water partition coefficient (Wildman–Crippen LogP) is 2.81. The van der Waals surface area contributed by atoms with Gasteiger partial charge in [0.1, 0.15) is 11.6 Å². The van der Waals surface area contributed by atoms with Gasteiger partial charge >= 0.3 is 0 Å². The molecule has 1 aliphatic rings. The first-order valence-electron chi connectivity index (χ1n) is 5.68. The normalized spacial score (nSPS) is 29.4. The van der Waals surface area contributed by atoms with E-state index in [1.165, 1.54) is 12.1 Å². The van der Waals surface area contributed by atoms with Crippen molar-refractivity contribution in [2.24, 2.45) is 11.7 Å². The minimum absolute atomic E-state index is 0.250. The Hall–Kier alpha value is -1.09. The van der Waals surface area contributed by atoms with Crippen molar-refractivity contribution in [3.63, 3.8) is 0 Å². The average molecular weight is 223 g/mol. The summed E-state index contributed by atoms with van der Waals surface area (Å²) in [4.78, 5) is 0. The third-order valence-electron chi connectivity index (χ3n) is 3.49. The standard InChI is InChI=1S/C13H18FNO/c1-9-5-6-13(15,8-9)11-7-10(14)3-4-12(11)16-2/h3-4,7,9H,5-6,8,15H2,1-2H3. The summed E-state index contributed by atoms with van der Waals surface area (Å²) in [5, 5.41) is 0. The van der Waals surface area contributed by atoms with Gasteiger partial charge in [0.15, 0.2) is 0 Å². The predicted molar refractivity (Wildman–Crippen MR) is 61.8 cm³/mol. The molecule has 2 nitrogen and oxygen atoms in total. The first-order valence-corrected chi connectivity index (χ1v) is 5.68. The van der Waals surface area contributed by atoms with Crippen LogP contribution in [-0.2, 0) is 5.54 Å². The Bertz CT molecular complexity index is 394. The van der Waals surface area contributed by atoms with Gasteiger partial charge in [0.25, 0.3) is 0 Å². The van der Waals surface area contributed by atoms with Crippen LogP contribution in [0.4, 0.5) is 4.39 Å². The summed E-state index contributed by atoms with van der Waals surface area (Å²) in [7, 11) is 1.60. The molecule has 0 saturated heterocycles. The Morgan fingerprint density at radius 1 is 1.50 bits per heavy atom. The molecule has 0 bridgehead atoms. The molecule has 0 heterocycles. The molecule has 0 amide bonds. The summed E-state index contributed by atoms with van der Waals surface area (Å²) in [6.07, 6.45) is 2.89. The van der Waals surface area contributed by atoms with Crippen LogP contribution in [0.3, 0.4) is 0 Å². The molecule has 2 unspecified atom stereocenters. The molecule has 0 aliphatic heterocycles. The van der Waals surface area contributed by atoms with E-state index in [1.54, 1.807) is 13.2 Å². The van der Waals surface area contributed by atoms with Gasteiger partial charge in [-0.25, -0.2) is 4.39 Å². The van der Waals surface area contributed by atoms with E-state index in [0.717, 1.165) is 24.8 Å². The van der Waals surface area contributed by atoms with Crippen LogP contribution in [0.25, 0.3) is 0 Å². The Morgan fingerprint density at radius 3 is 2.81 bits per heavy atom. The molecule has 88 valence electrons. The maximum absolute atomic E-state index is 13.3. The summed E-state index contributed by atoms with van der Waals surface area (Å²) >= 11 is 0. The molecule has 3 heteroatoms. The number of nitrogens with two attached hydrogens (primary N) is 1. The first kappa shape index (κ1) is 11.4. The summed E-state index contributed by atoms with van der Waals surface area (Å²) in [6, 6.07) is 4.57. The van der Waals surface area contributed by atoms with Crippen molar-refractivity contribution in [2.75, 3.05) is 7.11 Å². The number of hydrogen-bond donors (Lipinski definition) is 1. The zero-order valence-corrected chi connectivity index (χ0v) is 9.79. The van der Waals surface area contributed by atoms with Crippen LogP contribution in [0.2, 0.25) is 0 Å². The molecule has 1 saturated carbocycles. The molecule has 0 aromatic heterocycles. The lowest BCUT2D eigenvalue weighted by molar-refractivity contribution is 0.372. The van der Waals surface area contributed by atoms with Crippen molar-refractivity contribution in [3.05, 3.63) is 29.6 Å². The number of rotatable bonds is 2. The number of halogens is 1. The Morgan fingerprint density at radius 2 is 2.25 bits per heavy atom. The van der Waals surface area contributed by atoms with Crippen molar-refractivity contribution in [2.45, 2.75) is 31.7 Å². The monoisotopic (exact) mass is 223 g/mol. The smallest absolute Gasteiger partial charge is 0.124 e. The lowest BCUT2D eigenvalue weighted by Gasteiger charge is -2.26. The van der Waals surface area contributed by atoms with Crippen LogP contribution in [0.5, 0.6) is 5.75 Å². The van der Waals surface area contributed by atoms with E-state index >= 15 is 0 Å². The van der Waals surface area contributed by atoms with Gasteiger partial charge in [-0.2, -0.15) is 0 Å². The largest absolute Gasteiger partial charge is 0.496 e. The molecule has 1 aliphatic carbocycles. The highest BCUT2D eigenvalue weighted by Crippen LogP contribution is 2.43. The van der Waals surface area contributed by atoms with Gasteiger partial charge in [-0.1, -0.05) is 6.92 Å². The van der Waals surface area contributed by atoms with Gasteiger partial charge in [0.2, 0.25) is 0 Å². The van der Waals surface area contributed by atoms with E-state index in [4.69, 9.17) is 10.5 Å². The number of ether oxygens (including phenoxy) is 1. The quantitative estimate of drug-likeness (QED) is 0.836. The van der Waals surface area contributed by atoms with Crippen LogP contribution in [-0.4, -0.2) is 7.11 Å². The fourth-order valence-corrected chi connectivity index (χ4v) is 2.64. The lowest BCUT2D eigenvalue weighted by Crippen LogP contribution is -2.34. The van der Waals surface area contributed by atoms with Crippen LogP contribution in [0.1, 0.15) is 31.7 Å². The molecule has 1 aromatic carbocycles. The van der Waals surface area contributed by atoms with Crippen LogP contribution in [0, 0.1) is 11.7 Å². The highest BCUT2D eigenvalue weighted by molar-refractivity contribution is 5.40.